The average Bonchev–Trinajstić information content (AvgIpc) is 3.62. The van der Waals surface area contributed by atoms with Crippen molar-refractivity contribution < 1.29 is 28.9 Å². The van der Waals surface area contributed by atoms with Crippen molar-refractivity contribution in [1.82, 2.24) is 4.98 Å². The molecule has 216 valence electrons. The molecule has 1 fully saturated rings. The highest BCUT2D eigenvalue weighted by atomic mass is 32.1. The lowest BCUT2D eigenvalue weighted by Crippen LogP contribution is -2.29. The summed E-state index contributed by atoms with van der Waals surface area (Å²) in [4.78, 5) is 32.4. The molecule has 0 saturated carbocycles. The van der Waals surface area contributed by atoms with E-state index in [2.05, 4.69) is 18.0 Å². The van der Waals surface area contributed by atoms with Gasteiger partial charge in [0.25, 0.3) is 5.78 Å². The van der Waals surface area contributed by atoms with Crippen molar-refractivity contribution in [1.29, 1.82) is 0 Å². The van der Waals surface area contributed by atoms with Gasteiger partial charge in [-0.3, -0.25) is 14.5 Å². The third kappa shape index (κ3) is 6.01. The Hall–Kier alpha value is -4.63. The minimum atomic E-state index is -0.924. The lowest BCUT2D eigenvalue weighted by Gasteiger charge is -2.24. The zero-order chi connectivity index (χ0) is 29.6. The molecule has 0 spiro atoms. The number of aryl methyl sites for hydroxylation is 1. The summed E-state index contributed by atoms with van der Waals surface area (Å²) in [6.07, 6.45) is 3.45. The number of thiazole rings is 1. The number of unbranched alkanes of at least 4 members (excludes halogenated alkanes) is 1. The van der Waals surface area contributed by atoms with Crippen LogP contribution in [0.25, 0.3) is 5.76 Å². The number of hydrogen-bond acceptors (Lipinski definition) is 8. The highest BCUT2D eigenvalue weighted by Crippen LogP contribution is 2.44. The first-order chi connectivity index (χ1) is 20.4. The van der Waals surface area contributed by atoms with Gasteiger partial charge in [-0.05, 0) is 60.9 Å². The number of anilines is 1. The van der Waals surface area contributed by atoms with Crippen molar-refractivity contribution >= 4 is 33.9 Å². The van der Waals surface area contributed by atoms with Crippen molar-refractivity contribution in [3.05, 3.63) is 106 Å². The number of methoxy groups -OCH3 is 1. The van der Waals surface area contributed by atoms with Gasteiger partial charge in [0.2, 0.25) is 0 Å². The van der Waals surface area contributed by atoms with Crippen LogP contribution < -0.4 is 19.1 Å². The summed E-state index contributed by atoms with van der Waals surface area (Å²) in [5.41, 5.74) is 3.11. The summed E-state index contributed by atoms with van der Waals surface area (Å²) in [7, 11) is 1.53. The topological polar surface area (TPSA) is 98.2 Å². The van der Waals surface area contributed by atoms with Gasteiger partial charge in [0, 0.05) is 17.1 Å². The van der Waals surface area contributed by atoms with Gasteiger partial charge >= 0.3 is 5.91 Å². The Bertz CT molecular complexity index is 1600. The van der Waals surface area contributed by atoms with Crippen LogP contribution in [-0.4, -0.2) is 35.5 Å². The van der Waals surface area contributed by atoms with Crippen molar-refractivity contribution in [2.24, 2.45) is 0 Å². The van der Waals surface area contributed by atoms with E-state index in [1.807, 2.05) is 25.1 Å². The highest BCUT2D eigenvalue weighted by molar-refractivity contribution is 7.14. The zero-order valence-electron chi connectivity index (χ0n) is 23.7. The minimum absolute atomic E-state index is 0.0367. The van der Waals surface area contributed by atoms with Crippen molar-refractivity contribution in [2.45, 2.75) is 39.3 Å². The molecular weight excluding hydrogens is 552 g/mol. The monoisotopic (exact) mass is 584 g/mol. The van der Waals surface area contributed by atoms with Gasteiger partial charge < -0.3 is 19.3 Å². The molecule has 0 radical (unpaired) electrons. The molecule has 0 aliphatic carbocycles. The lowest BCUT2D eigenvalue weighted by atomic mass is 9.95. The van der Waals surface area contributed by atoms with Gasteiger partial charge in [0.1, 0.15) is 18.1 Å². The van der Waals surface area contributed by atoms with E-state index in [4.69, 9.17) is 14.2 Å². The number of aliphatic hydroxyl groups is 1. The number of hydrogen-bond donors (Lipinski definition) is 1. The van der Waals surface area contributed by atoms with Crippen LogP contribution in [0.3, 0.4) is 0 Å². The number of aliphatic hydroxyl groups excluding tert-OH is 1. The average molecular weight is 585 g/mol. The molecule has 1 atom stereocenters. The molecule has 3 aromatic carbocycles. The van der Waals surface area contributed by atoms with E-state index in [0.29, 0.717) is 46.7 Å². The van der Waals surface area contributed by atoms with Crippen LogP contribution in [0.4, 0.5) is 5.13 Å². The maximum absolute atomic E-state index is 13.4. The van der Waals surface area contributed by atoms with Gasteiger partial charge in [-0.1, -0.05) is 49.2 Å². The molecule has 8 nitrogen and oxygen atoms in total. The first-order valence-corrected chi connectivity index (χ1v) is 14.6. The van der Waals surface area contributed by atoms with Crippen LogP contribution in [0.1, 0.15) is 48.1 Å². The number of amides is 1. The fourth-order valence-corrected chi connectivity index (χ4v) is 5.48. The second-order valence-corrected chi connectivity index (χ2v) is 10.8. The smallest absolute Gasteiger partial charge is 0.301 e. The second-order valence-electron chi connectivity index (χ2n) is 9.90. The van der Waals surface area contributed by atoms with Crippen LogP contribution in [0.5, 0.6) is 17.2 Å². The second kappa shape index (κ2) is 12.9. The van der Waals surface area contributed by atoms with Crippen molar-refractivity contribution in [3.8, 4) is 17.2 Å². The number of rotatable bonds is 11. The van der Waals surface area contributed by atoms with Crippen LogP contribution >= 0.6 is 11.3 Å². The van der Waals surface area contributed by atoms with Crippen LogP contribution in [0.15, 0.2) is 83.9 Å². The quantitative estimate of drug-likeness (QED) is 0.0892. The summed E-state index contributed by atoms with van der Waals surface area (Å²) >= 11 is 1.23. The molecule has 9 heteroatoms. The number of nitrogens with zero attached hydrogens (tertiary/aromatic N) is 2. The van der Waals surface area contributed by atoms with Gasteiger partial charge in [0.15, 0.2) is 16.6 Å². The summed E-state index contributed by atoms with van der Waals surface area (Å²) in [5, 5.41) is 13.6. The summed E-state index contributed by atoms with van der Waals surface area (Å²) in [6.45, 7) is 5.04. The summed E-state index contributed by atoms with van der Waals surface area (Å²) < 4.78 is 17.4. The van der Waals surface area contributed by atoms with Gasteiger partial charge in [-0.25, -0.2) is 4.98 Å². The Labute approximate surface area is 248 Å². The maximum Gasteiger partial charge on any atom is 0.301 e. The molecule has 1 aliphatic heterocycles. The Balaban J connectivity index is 1.50. The minimum Gasteiger partial charge on any atom is -0.507 e. The third-order valence-electron chi connectivity index (χ3n) is 6.94. The number of carbonyl (C=O) groups excluding carboxylic acids is 2. The number of aromatic nitrogens is 1. The number of carbonyl (C=O) groups is 2. The van der Waals surface area contributed by atoms with E-state index in [1.165, 1.54) is 23.3 Å². The van der Waals surface area contributed by atoms with E-state index < -0.39 is 17.7 Å². The molecule has 1 saturated heterocycles. The van der Waals surface area contributed by atoms with Gasteiger partial charge in [0.05, 0.1) is 25.3 Å². The molecule has 1 aromatic heterocycles. The predicted octanol–water partition coefficient (Wildman–Crippen LogP) is 6.84. The first-order valence-electron chi connectivity index (χ1n) is 13.7. The molecule has 42 heavy (non-hydrogen) atoms. The fraction of sp³-hybridized carbons (Fsp3) is 0.242. The van der Waals surface area contributed by atoms with Crippen molar-refractivity contribution in [2.75, 3.05) is 18.6 Å². The van der Waals surface area contributed by atoms with Gasteiger partial charge in [-0.15, -0.1) is 11.3 Å². The number of ketones is 1. The molecule has 1 amide bonds. The molecular formula is C33H32N2O6S. The third-order valence-corrected chi connectivity index (χ3v) is 7.72. The molecule has 1 unspecified atom stereocenters. The summed E-state index contributed by atoms with van der Waals surface area (Å²) in [6, 6.07) is 19.2. The predicted molar refractivity (Wildman–Crippen MR) is 162 cm³/mol. The molecule has 5 rings (SSSR count). The van der Waals surface area contributed by atoms with E-state index in [9.17, 15) is 14.7 Å². The zero-order valence-corrected chi connectivity index (χ0v) is 24.5. The Morgan fingerprint density at radius 2 is 1.83 bits per heavy atom. The molecule has 1 aliphatic rings. The largest absolute Gasteiger partial charge is 0.507 e. The fourth-order valence-electron chi connectivity index (χ4n) is 4.81. The van der Waals surface area contributed by atoms with Gasteiger partial charge in [-0.2, -0.15) is 0 Å². The summed E-state index contributed by atoms with van der Waals surface area (Å²) in [5.74, 6) is -0.224. The van der Waals surface area contributed by atoms with Crippen LogP contribution in [0, 0.1) is 6.92 Å². The number of benzene rings is 3. The molecule has 2 heterocycles. The normalized spacial score (nSPS) is 16.1. The van der Waals surface area contributed by atoms with E-state index in [1.54, 1.807) is 54.0 Å². The Morgan fingerprint density at radius 1 is 1.02 bits per heavy atom. The SMILES string of the molecule is CCCCOc1ccc(C2C(=C(O)c3ccc(OCc4cccc(C)c4)cc3)C(=O)C(=O)N2c2nccs2)cc1OC. The Kier molecular flexibility index (Phi) is 8.88. The van der Waals surface area contributed by atoms with Crippen LogP contribution in [-0.2, 0) is 16.2 Å². The number of Topliss-reactive ketones (excluding diaryl/α,β-unsaturated/α-hetero) is 1. The Morgan fingerprint density at radius 3 is 2.52 bits per heavy atom. The lowest BCUT2D eigenvalue weighted by molar-refractivity contribution is -0.132. The molecule has 0 bridgehead atoms. The molecule has 4 aromatic rings. The van der Waals surface area contributed by atoms with Crippen LogP contribution in [0.2, 0.25) is 0 Å². The number of ether oxygens (including phenoxy) is 3. The van der Waals surface area contributed by atoms with E-state index >= 15 is 0 Å². The first kappa shape index (κ1) is 28.9. The molecule has 1 N–H and O–H groups in total. The maximum atomic E-state index is 13.4. The standard InChI is InChI=1S/C33H32N2O6S/c1-4-5-16-40-26-14-11-24(19-27(26)39-3)29-28(31(37)32(38)35(29)33-34-15-17-42-33)30(36)23-9-12-25(13-10-23)41-20-22-8-6-7-21(2)18-22/h6-15,17-19,29,36H,4-5,16,20H2,1-3H3. The van der Waals surface area contributed by atoms with Crippen molar-refractivity contribution in [3.63, 3.8) is 0 Å². The van der Waals surface area contributed by atoms with E-state index in [-0.39, 0.29) is 11.3 Å². The highest BCUT2D eigenvalue weighted by Gasteiger charge is 2.48. The van der Waals surface area contributed by atoms with E-state index in [0.717, 1.165) is 24.0 Å².